The van der Waals surface area contributed by atoms with Crippen molar-refractivity contribution in [3.63, 3.8) is 0 Å². The SMILES string of the molecule is O=C(NCC1CCSC1)c1ccc(Br)cc1O. The molecule has 0 saturated carbocycles. The van der Waals surface area contributed by atoms with Gasteiger partial charge in [0, 0.05) is 11.0 Å². The molecule has 92 valence electrons. The van der Waals surface area contributed by atoms with Gasteiger partial charge >= 0.3 is 0 Å². The van der Waals surface area contributed by atoms with Gasteiger partial charge in [-0.05, 0) is 42.0 Å². The zero-order valence-corrected chi connectivity index (χ0v) is 11.7. The molecule has 2 N–H and O–H groups in total. The Hall–Kier alpha value is -0.680. The Balaban J connectivity index is 1.94. The standard InChI is InChI=1S/C12H14BrNO2S/c13-9-1-2-10(11(15)5-9)12(16)14-6-8-3-4-17-7-8/h1-2,5,8,15H,3-4,6-7H2,(H,14,16). The average Bonchev–Trinajstić information content (AvgIpc) is 2.78. The molecule has 3 nitrogen and oxygen atoms in total. The summed E-state index contributed by atoms with van der Waals surface area (Å²) >= 11 is 5.17. The zero-order valence-electron chi connectivity index (χ0n) is 9.28. The fourth-order valence-electron chi connectivity index (χ4n) is 1.77. The van der Waals surface area contributed by atoms with E-state index < -0.39 is 0 Å². The Morgan fingerprint density at radius 2 is 2.41 bits per heavy atom. The highest BCUT2D eigenvalue weighted by Gasteiger charge is 2.17. The number of thioether (sulfide) groups is 1. The van der Waals surface area contributed by atoms with Crippen molar-refractivity contribution in [1.82, 2.24) is 5.32 Å². The lowest BCUT2D eigenvalue weighted by Crippen LogP contribution is -2.29. The Morgan fingerprint density at radius 3 is 3.06 bits per heavy atom. The number of benzene rings is 1. The largest absolute Gasteiger partial charge is 0.507 e. The fraction of sp³-hybridized carbons (Fsp3) is 0.417. The third kappa shape index (κ3) is 3.39. The minimum atomic E-state index is -0.202. The van der Waals surface area contributed by atoms with Crippen LogP contribution in [0.4, 0.5) is 0 Å². The molecule has 1 atom stereocenters. The van der Waals surface area contributed by atoms with E-state index in [0.717, 1.165) is 16.6 Å². The summed E-state index contributed by atoms with van der Waals surface area (Å²) in [6, 6.07) is 4.90. The predicted octanol–water partition coefficient (Wildman–Crippen LogP) is 2.64. The lowest BCUT2D eigenvalue weighted by molar-refractivity contribution is 0.0946. The van der Waals surface area contributed by atoms with Gasteiger partial charge in [0.1, 0.15) is 5.75 Å². The topological polar surface area (TPSA) is 49.3 Å². The first-order valence-electron chi connectivity index (χ1n) is 5.51. The van der Waals surface area contributed by atoms with Crippen molar-refractivity contribution in [3.8, 4) is 5.75 Å². The molecular formula is C12H14BrNO2S. The number of nitrogens with one attached hydrogen (secondary N) is 1. The Kier molecular flexibility index (Phi) is 4.34. The van der Waals surface area contributed by atoms with Crippen LogP contribution in [0.25, 0.3) is 0 Å². The predicted molar refractivity (Wildman–Crippen MR) is 73.6 cm³/mol. The number of phenols is 1. The highest BCUT2D eigenvalue weighted by atomic mass is 79.9. The van der Waals surface area contributed by atoms with E-state index in [1.54, 1.807) is 12.1 Å². The first-order valence-corrected chi connectivity index (χ1v) is 7.46. The summed E-state index contributed by atoms with van der Waals surface area (Å²) in [5, 5.41) is 12.5. The molecular weight excluding hydrogens is 302 g/mol. The van der Waals surface area contributed by atoms with Crippen LogP contribution in [0.2, 0.25) is 0 Å². The smallest absolute Gasteiger partial charge is 0.255 e. The number of carbonyl (C=O) groups excluding carboxylic acids is 1. The van der Waals surface area contributed by atoms with Crippen molar-refractivity contribution in [2.24, 2.45) is 5.92 Å². The maximum Gasteiger partial charge on any atom is 0.255 e. The minimum absolute atomic E-state index is 0.0117. The second-order valence-electron chi connectivity index (χ2n) is 4.10. The van der Waals surface area contributed by atoms with Gasteiger partial charge < -0.3 is 10.4 Å². The minimum Gasteiger partial charge on any atom is -0.507 e. The Bertz CT molecular complexity index is 419. The highest BCUT2D eigenvalue weighted by molar-refractivity contribution is 9.10. The number of hydrogen-bond acceptors (Lipinski definition) is 3. The molecule has 2 rings (SSSR count). The number of amides is 1. The summed E-state index contributed by atoms with van der Waals surface area (Å²) in [6.07, 6.45) is 1.16. The summed E-state index contributed by atoms with van der Waals surface area (Å²) in [7, 11) is 0. The van der Waals surface area contributed by atoms with Crippen LogP contribution in [0.15, 0.2) is 22.7 Å². The van der Waals surface area contributed by atoms with Crippen molar-refractivity contribution < 1.29 is 9.90 Å². The molecule has 5 heteroatoms. The van der Waals surface area contributed by atoms with Crippen molar-refractivity contribution in [2.75, 3.05) is 18.1 Å². The molecule has 17 heavy (non-hydrogen) atoms. The molecule has 0 bridgehead atoms. The number of aromatic hydroxyl groups is 1. The number of halogens is 1. The van der Waals surface area contributed by atoms with E-state index in [1.165, 1.54) is 11.8 Å². The highest BCUT2D eigenvalue weighted by Crippen LogP contribution is 2.24. The van der Waals surface area contributed by atoms with Gasteiger partial charge in [-0.15, -0.1) is 0 Å². The molecule has 1 unspecified atom stereocenters. The van der Waals surface area contributed by atoms with Gasteiger partial charge in [-0.1, -0.05) is 15.9 Å². The van der Waals surface area contributed by atoms with Gasteiger partial charge in [-0.25, -0.2) is 0 Å². The van der Waals surface area contributed by atoms with E-state index in [-0.39, 0.29) is 11.7 Å². The zero-order chi connectivity index (χ0) is 12.3. The van der Waals surface area contributed by atoms with E-state index in [2.05, 4.69) is 21.2 Å². The van der Waals surface area contributed by atoms with Gasteiger partial charge in [-0.2, -0.15) is 11.8 Å². The Morgan fingerprint density at radius 1 is 1.59 bits per heavy atom. The molecule has 0 radical (unpaired) electrons. The van der Waals surface area contributed by atoms with Crippen molar-refractivity contribution in [3.05, 3.63) is 28.2 Å². The van der Waals surface area contributed by atoms with Gasteiger partial charge in [0.15, 0.2) is 0 Å². The van der Waals surface area contributed by atoms with Crippen molar-refractivity contribution in [1.29, 1.82) is 0 Å². The number of rotatable bonds is 3. The summed E-state index contributed by atoms with van der Waals surface area (Å²) in [5.74, 6) is 2.68. The summed E-state index contributed by atoms with van der Waals surface area (Å²) in [6.45, 7) is 0.696. The van der Waals surface area contributed by atoms with E-state index >= 15 is 0 Å². The van der Waals surface area contributed by atoms with E-state index in [4.69, 9.17) is 0 Å². The summed E-state index contributed by atoms with van der Waals surface area (Å²) in [4.78, 5) is 11.8. The second kappa shape index (κ2) is 5.78. The maximum atomic E-state index is 11.8. The van der Waals surface area contributed by atoms with Crippen LogP contribution in [0.5, 0.6) is 5.75 Å². The number of carbonyl (C=O) groups is 1. The van der Waals surface area contributed by atoms with Gasteiger partial charge in [0.25, 0.3) is 5.91 Å². The van der Waals surface area contributed by atoms with E-state index in [1.807, 2.05) is 11.8 Å². The third-order valence-electron chi connectivity index (χ3n) is 2.78. The molecule has 0 aliphatic carbocycles. The fourth-order valence-corrected chi connectivity index (χ4v) is 3.41. The van der Waals surface area contributed by atoms with Crippen LogP contribution in [-0.2, 0) is 0 Å². The molecule has 0 spiro atoms. The third-order valence-corrected chi connectivity index (χ3v) is 4.50. The molecule has 0 aromatic heterocycles. The second-order valence-corrected chi connectivity index (χ2v) is 6.17. The monoisotopic (exact) mass is 315 g/mol. The first-order chi connectivity index (χ1) is 8.16. The normalized spacial score (nSPS) is 19.2. The lowest BCUT2D eigenvalue weighted by Gasteiger charge is -2.10. The van der Waals surface area contributed by atoms with Crippen LogP contribution >= 0.6 is 27.7 Å². The van der Waals surface area contributed by atoms with Crippen LogP contribution in [0.3, 0.4) is 0 Å². The molecule has 1 aromatic rings. The maximum absolute atomic E-state index is 11.8. The van der Waals surface area contributed by atoms with Crippen LogP contribution < -0.4 is 5.32 Å². The number of hydrogen-bond donors (Lipinski definition) is 2. The van der Waals surface area contributed by atoms with Crippen molar-refractivity contribution >= 4 is 33.6 Å². The van der Waals surface area contributed by atoms with Crippen LogP contribution in [0, 0.1) is 5.92 Å². The van der Waals surface area contributed by atoms with Gasteiger partial charge in [-0.3, -0.25) is 4.79 Å². The van der Waals surface area contributed by atoms with Crippen LogP contribution in [0.1, 0.15) is 16.8 Å². The quantitative estimate of drug-likeness (QED) is 0.901. The molecule has 1 heterocycles. The summed E-state index contributed by atoms with van der Waals surface area (Å²) in [5.41, 5.74) is 0.332. The van der Waals surface area contributed by atoms with Gasteiger partial charge in [0.05, 0.1) is 5.56 Å². The van der Waals surface area contributed by atoms with E-state index in [9.17, 15) is 9.90 Å². The Labute approximate surface area is 113 Å². The lowest BCUT2D eigenvalue weighted by atomic mass is 10.1. The first kappa shape index (κ1) is 12.8. The molecule has 1 amide bonds. The molecule has 1 fully saturated rings. The molecule has 1 aromatic carbocycles. The van der Waals surface area contributed by atoms with E-state index in [0.29, 0.717) is 18.0 Å². The number of phenolic OH excluding ortho intramolecular Hbond substituents is 1. The molecule has 1 saturated heterocycles. The average molecular weight is 316 g/mol. The van der Waals surface area contributed by atoms with Gasteiger partial charge in [0.2, 0.25) is 0 Å². The van der Waals surface area contributed by atoms with Crippen LogP contribution in [-0.4, -0.2) is 29.1 Å². The summed E-state index contributed by atoms with van der Waals surface area (Å²) < 4.78 is 0.763. The molecule has 1 aliphatic heterocycles. The van der Waals surface area contributed by atoms with Crippen molar-refractivity contribution in [2.45, 2.75) is 6.42 Å². The molecule has 1 aliphatic rings.